The van der Waals surface area contributed by atoms with Crippen LogP contribution in [0.15, 0.2) is 29.2 Å². The third-order valence-electron chi connectivity index (χ3n) is 4.20. The molecule has 1 aromatic carbocycles. The second-order valence-electron chi connectivity index (χ2n) is 6.23. The van der Waals surface area contributed by atoms with E-state index in [2.05, 4.69) is 0 Å². The Balaban J connectivity index is 0.00000312. The van der Waals surface area contributed by atoms with Gasteiger partial charge in [-0.2, -0.15) is 4.31 Å². The van der Waals surface area contributed by atoms with E-state index in [0.29, 0.717) is 31.7 Å². The number of likely N-dealkylation sites (tertiary alicyclic amines) is 1. The molecule has 0 aromatic heterocycles. The van der Waals surface area contributed by atoms with Crippen LogP contribution in [0.4, 0.5) is 0 Å². The van der Waals surface area contributed by atoms with Gasteiger partial charge in [0.05, 0.1) is 4.90 Å². The van der Waals surface area contributed by atoms with Crippen molar-refractivity contribution < 1.29 is 13.2 Å². The quantitative estimate of drug-likeness (QED) is 0.773. The fourth-order valence-electron chi connectivity index (χ4n) is 2.92. The number of nitrogens with two attached hydrogens (primary N) is 1. The Hall–Kier alpha value is -1.15. The lowest BCUT2D eigenvalue weighted by Gasteiger charge is -2.21. The van der Waals surface area contributed by atoms with Crippen LogP contribution < -0.4 is 5.73 Å². The van der Waals surface area contributed by atoms with Crippen molar-refractivity contribution >= 4 is 28.3 Å². The summed E-state index contributed by atoms with van der Waals surface area (Å²) in [6, 6.07) is 6.27. The van der Waals surface area contributed by atoms with Gasteiger partial charge in [-0.1, -0.05) is 13.8 Å². The Morgan fingerprint density at radius 3 is 2.20 bits per heavy atom. The lowest BCUT2D eigenvalue weighted by molar-refractivity contribution is 0.0791. The third-order valence-corrected chi connectivity index (χ3v) is 6.11. The molecule has 2 rings (SSSR count). The van der Waals surface area contributed by atoms with Gasteiger partial charge in [0.25, 0.3) is 5.91 Å². The topological polar surface area (TPSA) is 83.7 Å². The Bertz CT molecular complexity index is 658. The van der Waals surface area contributed by atoms with Crippen molar-refractivity contribution in [3.63, 3.8) is 0 Å². The molecule has 2 N–H and O–H groups in total. The molecule has 0 aliphatic carbocycles. The van der Waals surface area contributed by atoms with Crippen molar-refractivity contribution in [1.82, 2.24) is 9.21 Å². The van der Waals surface area contributed by atoms with Crippen LogP contribution in [0.5, 0.6) is 0 Å². The fourth-order valence-corrected chi connectivity index (χ4v) is 4.55. The van der Waals surface area contributed by atoms with Gasteiger partial charge in [-0.25, -0.2) is 8.42 Å². The van der Waals surface area contributed by atoms with Crippen LogP contribution in [0.2, 0.25) is 0 Å². The highest BCUT2D eigenvalue weighted by atomic mass is 35.5. The summed E-state index contributed by atoms with van der Waals surface area (Å²) in [6.45, 7) is 6.13. The van der Waals surface area contributed by atoms with Gasteiger partial charge >= 0.3 is 0 Å². The average Bonchev–Trinajstić information content (AvgIpc) is 3.00. The number of rotatable bonds is 7. The molecule has 1 aromatic rings. The van der Waals surface area contributed by atoms with Crippen molar-refractivity contribution in [2.75, 3.05) is 26.2 Å². The molecular formula is C17H28ClN3O3S. The van der Waals surface area contributed by atoms with E-state index in [0.717, 1.165) is 19.3 Å². The molecular weight excluding hydrogens is 362 g/mol. The molecule has 1 fully saturated rings. The molecule has 1 heterocycles. The third kappa shape index (κ3) is 5.17. The van der Waals surface area contributed by atoms with Crippen molar-refractivity contribution in [1.29, 1.82) is 0 Å². The number of amides is 1. The van der Waals surface area contributed by atoms with Crippen LogP contribution in [-0.4, -0.2) is 55.8 Å². The number of halogens is 1. The minimum absolute atomic E-state index is 0. The maximum atomic E-state index is 12.7. The zero-order valence-electron chi connectivity index (χ0n) is 14.8. The molecule has 0 unspecified atom stereocenters. The number of carbonyl (C=O) groups excluding carboxylic acids is 1. The number of nitrogens with zero attached hydrogens (tertiary/aromatic N) is 2. The predicted molar refractivity (Wildman–Crippen MR) is 102 cm³/mol. The summed E-state index contributed by atoms with van der Waals surface area (Å²) in [6.07, 6.45) is 2.34. The first kappa shape index (κ1) is 21.9. The first-order chi connectivity index (χ1) is 11.4. The molecule has 8 heteroatoms. The summed E-state index contributed by atoms with van der Waals surface area (Å²) >= 11 is 0. The van der Waals surface area contributed by atoms with Crippen LogP contribution in [0.3, 0.4) is 0 Å². The SMILES string of the molecule is CCCN(CCC)S(=O)(=O)c1ccc(C(=O)N2CC[C@@H](N)C2)cc1.Cl. The smallest absolute Gasteiger partial charge is 0.253 e. The summed E-state index contributed by atoms with van der Waals surface area (Å²) in [4.78, 5) is 14.4. The summed E-state index contributed by atoms with van der Waals surface area (Å²) < 4.78 is 26.9. The van der Waals surface area contributed by atoms with E-state index in [9.17, 15) is 13.2 Å². The van der Waals surface area contributed by atoms with E-state index in [4.69, 9.17) is 5.73 Å². The Morgan fingerprint density at radius 2 is 1.76 bits per heavy atom. The minimum Gasteiger partial charge on any atom is -0.337 e. The van der Waals surface area contributed by atoms with Crippen molar-refractivity contribution in [2.24, 2.45) is 5.73 Å². The predicted octanol–water partition coefficient (Wildman–Crippen LogP) is 2.09. The molecule has 25 heavy (non-hydrogen) atoms. The van der Waals surface area contributed by atoms with Gasteiger partial charge in [-0.3, -0.25) is 4.79 Å². The van der Waals surface area contributed by atoms with Gasteiger partial charge in [0.15, 0.2) is 0 Å². The van der Waals surface area contributed by atoms with Crippen LogP contribution in [-0.2, 0) is 10.0 Å². The maximum absolute atomic E-state index is 12.7. The van der Waals surface area contributed by atoms with Crippen molar-refractivity contribution in [2.45, 2.75) is 44.0 Å². The Labute approximate surface area is 156 Å². The van der Waals surface area contributed by atoms with E-state index in [1.165, 1.54) is 16.4 Å². The highest BCUT2D eigenvalue weighted by Gasteiger charge is 2.26. The minimum atomic E-state index is -3.51. The second-order valence-corrected chi connectivity index (χ2v) is 8.17. The molecule has 0 bridgehead atoms. The summed E-state index contributed by atoms with van der Waals surface area (Å²) in [5.41, 5.74) is 6.33. The van der Waals surface area contributed by atoms with E-state index < -0.39 is 10.0 Å². The Kier molecular flexibility index (Phi) is 8.34. The van der Waals surface area contributed by atoms with Crippen LogP contribution in [0, 0.1) is 0 Å². The number of hydrogen-bond donors (Lipinski definition) is 1. The largest absolute Gasteiger partial charge is 0.337 e. The number of carbonyl (C=O) groups is 1. The number of sulfonamides is 1. The molecule has 6 nitrogen and oxygen atoms in total. The first-order valence-electron chi connectivity index (χ1n) is 8.55. The molecule has 1 aliphatic heterocycles. The van der Waals surface area contributed by atoms with Crippen LogP contribution in [0.25, 0.3) is 0 Å². The van der Waals surface area contributed by atoms with Gasteiger partial charge in [0.2, 0.25) is 10.0 Å². The lowest BCUT2D eigenvalue weighted by Crippen LogP contribution is -2.33. The molecule has 0 spiro atoms. The highest BCUT2D eigenvalue weighted by Crippen LogP contribution is 2.19. The van der Waals surface area contributed by atoms with Crippen LogP contribution >= 0.6 is 12.4 Å². The van der Waals surface area contributed by atoms with E-state index in [1.807, 2.05) is 13.8 Å². The number of hydrogen-bond acceptors (Lipinski definition) is 4. The molecule has 1 aliphatic rings. The molecule has 1 saturated heterocycles. The molecule has 1 amide bonds. The van der Waals surface area contributed by atoms with E-state index in [-0.39, 0.29) is 29.3 Å². The van der Waals surface area contributed by atoms with Crippen molar-refractivity contribution in [3.05, 3.63) is 29.8 Å². The number of benzene rings is 1. The van der Waals surface area contributed by atoms with Crippen LogP contribution in [0.1, 0.15) is 43.5 Å². The summed E-state index contributed by atoms with van der Waals surface area (Å²) in [5, 5.41) is 0. The monoisotopic (exact) mass is 389 g/mol. The van der Waals surface area contributed by atoms with E-state index in [1.54, 1.807) is 17.0 Å². The Morgan fingerprint density at radius 1 is 1.20 bits per heavy atom. The molecule has 0 saturated carbocycles. The molecule has 142 valence electrons. The average molecular weight is 390 g/mol. The summed E-state index contributed by atoms with van der Waals surface area (Å²) in [5.74, 6) is -0.0918. The molecule has 0 radical (unpaired) electrons. The fraction of sp³-hybridized carbons (Fsp3) is 0.588. The molecule has 1 atom stereocenters. The normalized spacial score (nSPS) is 17.6. The van der Waals surface area contributed by atoms with Gasteiger partial charge in [0, 0.05) is 37.8 Å². The summed E-state index contributed by atoms with van der Waals surface area (Å²) in [7, 11) is -3.51. The lowest BCUT2D eigenvalue weighted by atomic mass is 10.2. The van der Waals surface area contributed by atoms with Gasteiger partial charge in [-0.05, 0) is 43.5 Å². The zero-order chi connectivity index (χ0) is 17.7. The van der Waals surface area contributed by atoms with Crippen molar-refractivity contribution in [3.8, 4) is 0 Å². The first-order valence-corrected chi connectivity index (χ1v) is 9.99. The zero-order valence-corrected chi connectivity index (χ0v) is 16.5. The maximum Gasteiger partial charge on any atom is 0.253 e. The second kappa shape index (κ2) is 9.52. The van der Waals surface area contributed by atoms with Gasteiger partial charge < -0.3 is 10.6 Å². The van der Waals surface area contributed by atoms with Gasteiger partial charge in [0.1, 0.15) is 0 Å². The highest BCUT2D eigenvalue weighted by molar-refractivity contribution is 7.89. The standard InChI is InChI=1S/C17H27N3O3S.ClH/c1-3-10-20(11-4-2)24(22,23)16-7-5-14(6-8-16)17(21)19-12-9-15(18)13-19;/h5-8,15H,3-4,9-13,18H2,1-2H3;1H/t15-;/m1./s1. The van der Waals surface area contributed by atoms with Gasteiger partial charge in [-0.15, -0.1) is 12.4 Å². The van der Waals surface area contributed by atoms with E-state index >= 15 is 0 Å².